The Balaban J connectivity index is 1.74. The third-order valence-corrected chi connectivity index (χ3v) is 5.17. The molecule has 26 heavy (non-hydrogen) atoms. The zero-order valence-electron chi connectivity index (χ0n) is 13.6. The van der Waals surface area contributed by atoms with Gasteiger partial charge in [-0.2, -0.15) is 0 Å². The maximum Gasteiger partial charge on any atom is 0.124 e. The van der Waals surface area contributed by atoms with Gasteiger partial charge in [0.15, 0.2) is 0 Å². The second kappa shape index (κ2) is 9.01. The monoisotopic (exact) mass is 469 g/mol. The van der Waals surface area contributed by atoms with Crippen molar-refractivity contribution in [1.82, 2.24) is 0 Å². The molecule has 1 N–H and O–H groups in total. The van der Waals surface area contributed by atoms with E-state index < -0.39 is 0 Å². The fraction of sp³-hybridized carbons (Fsp3) is 0.100. The zero-order chi connectivity index (χ0) is 18.5. The molecular weight excluding hydrogens is 456 g/mol. The van der Waals surface area contributed by atoms with Gasteiger partial charge in [-0.25, -0.2) is 0 Å². The van der Waals surface area contributed by atoms with E-state index in [1.54, 1.807) is 12.1 Å². The molecule has 0 spiro atoms. The summed E-state index contributed by atoms with van der Waals surface area (Å²) >= 11 is 21.9. The summed E-state index contributed by atoms with van der Waals surface area (Å²) in [5.74, 6) is 0.777. The zero-order valence-corrected chi connectivity index (χ0v) is 17.5. The maximum absolute atomic E-state index is 6.22. The molecule has 0 aliphatic heterocycles. The molecule has 3 aromatic rings. The van der Waals surface area contributed by atoms with Crippen LogP contribution < -0.4 is 10.1 Å². The van der Waals surface area contributed by atoms with E-state index in [9.17, 15) is 0 Å². The minimum atomic E-state index is 0.358. The summed E-state index contributed by atoms with van der Waals surface area (Å²) in [6.45, 7) is 0.934. The van der Waals surface area contributed by atoms with E-state index >= 15 is 0 Å². The summed E-state index contributed by atoms with van der Waals surface area (Å²) in [5.41, 5.74) is 2.76. The van der Waals surface area contributed by atoms with Crippen LogP contribution in [-0.2, 0) is 13.2 Å². The number of benzene rings is 3. The largest absolute Gasteiger partial charge is 0.488 e. The van der Waals surface area contributed by atoms with Crippen molar-refractivity contribution >= 4 is 56.4 Å². The fourth-order valence-electron chi connectivity index (χ4n) is 2.42. The Kier molecular flexibility index (Phi) is 6.71. The number of halogens is 4. The standard InChI is InChI=1S/C20H15BrCl3NO/c21-15-6-8-20(26-12-13-5-7-16(22)10-18(13)24)14(9-15)11-25-19-4-2-1-3-17(19)23/h1-10,25H,11-12H2. The van der Waals surface area contributed by atoms with Crippen molar-refractivity contribution < 1.29 is 4.74 Å². The van der Waals surface area contributed by atoms with Crippen LogP contribution in [0.15, 0.2) is 65.1 Å². The molecule has 0 unspecified atom stereocenters. The molecular formula is C20H15BrCl3NO. The normalized spacial score (nSPS) is 10.6. The van der Waals surface area contributed by atoms with Gasteiger partial charge in [-0.3, -0.25) is 0 Å². The van der Waals surface area contributed by atoms with Crippen molar-refractivity contribution in [2.75, 3.05) is 5.32 Å². The molecule has 6 heteroatoms. The van der Waals surface area contributed by atoms with Crippen molar-refractivity contribution in [3.8, 4) is 5.75 Å². The Labute approximate surface area is 176 Å². The highest BCUT2D eigenvalue weighted by Crippen LogP contribution is 2.28. The van der Waals surface area contributed by atoms with Crippen LogP contribution in [0.3, 0.4) is 0 Å². The fourth-order valence-corrected chi connectivity index (χ4v) is 3.49. The van der Waals surface area contributed by atoms with E-state index in [0.717, 1.165) is 27.0 Å². The third-order valence-electron chi connectivity index (χ3n) is 3.76. The van der Waals surface area contributed by atoms with Crippen LogP contribution >= 0.6 is 50.7 Å². The molecule has 0 aliphatic carbocycles. The molecule has 3 rings (SSSR count). The predicted octanol–water partition coefficient (Wildman–Crippen LogP) is 7.60. The lowest BCUT2D eigenvalue weighted by atomic mass is 10.2. The first-order chi connectivity index (χ1) is 12.5. The molecule has 0 radical (unpaired) electrons. The lowest BCUT2D eigenvalue weighted by molar-refractivity contribution is 0.303. The van der Waals surface area contributed by atoms with Crippen LogP contribution in [0.5, 0.6) is 5.75 Å². The second-order valence-electron chi connectivity index (χ2n) is 5.61. The number of rotatable bonds is 6. The highest BCUT2D eigenvalue weighted by atomic mass is 79.9. The van der Waals surface area contributed by atoms with Crippen molar-refractivity contribution in [3.05, 3.63) is 91.3 Å². The molecule has 0 heterocycles. The number of ether oxygens (including phenoxy) is 1. The van der Waals surface area contributed by atoms with Crippen molar-refractivity contribution in [3.63, 3.8) is 0 Å². The van der Waals surface area contributed by atoms with E-state index in [1.807, 2.05) is 48.5 Å². The van der Waals surface area contributed by atoms with E-state index in [4.69, 9.17) is 39.5 Å². The van der Waals surface area contributed by atoms with Crippen LogP contribution in [0.1, 0.15) is 11.1 Å². The molecule has 0 fully saturated rings. The Hall–Kier alpha value is -1.39. The summed E-state index contributed by atoms with van der Waals surface area (Å²) in [4.78, 5) is 0. The van der Waals surface area contributed by atoms with Crippen LogP contribution in [0.2, 0.25) is 15.1 Å². The average molecular weight is 472 g/mol. The SMILES string of the molecule is Clc1ccc(COc2ccc(Br)cc2CNc2ccccc2Cl)c(Cl)c1. The summed E-state index contributed by atoms with van der Waals surface area (Å²) < 4.78 is 6.97. The van der Waals surface area contributed by atoms with Gasteiger partial charge in [0.2, 0.25) is 0 Å². The maximum atomic E-state index is 6.22. The molecule has 3 aromatic carbocycles. The van der Waals surface area contributed by atoms with Gasteiger partial charge in [-0.05, 0) is 42.5 Å². The third kappa shape index (κ3) is 5.08. The summed E-state index contributed by atoms with van der Waals surface area (Å²) in [6.07, 6.45) is 0. The van der Waals surface area contributed by atoms with Gasteiger partial charge in [0.25, 0.3) is 0 Å². The molecule has 0 saturated carbocycles. The van der Waals surface area contributed by atoms with E-state index in [-0.39, 0.29) is 0 Å². The lowest BCUT2D eigenvalue weighted by Gasteiger charge is -2.15. The summed E-state index contributed by atoms with van der Waals surface area (Å²) in [7, 11) is 0. The number of hydrogen-bond acceptors (Lipinski definition) is 2. The minimum absolute atomic E-state index is 0.358. The number of hydrogen-bond donors (Lipinski definition) is 1. The first kappa shape index (κ1) is 19.4. The Morgan fingerprint density at radius 3 is 2.42 bits per heavy atom. The summed E-state index contributed by atoms with van der Waals surface area (Å²) in [5, 5.41) is 5.21. The highest BCUT2D eigenvalue weighted by Gasteiger charge is 2.08. The molecule has 0 saturated heterocycles. The van der Waals surface area contributed by atoms with E-state index in [1.165, 1.54) is 0 Å². The Morgan fingerprint density at radius 2 is 1.65 bits per heavy atom. The van der Waals surface area contributed by atoms with Crippen LogP contribution in [0.4, 0.5) is 5.69 Å². The van der Waals surface area contributed by atoms with Gasteiger partial charge in [-0.15, -0.1) is 0 Å². The highest BCUT2D eigenvalue weighted by molar-refractivity contribution is 9.10. The molecule has 0 bridgehead atoms. The topological polar surface area (TPSA) is 21.3 Å². The molecule has 2 nitrogen and oxygen atoms in total. The van der Waals surface area contributed by atoms with Crippen LogP contribution in [-0.4, -0.2) is 0 Å². The van der Waals surface area contributed by atoms with Gasteiger partial charge < -0.3 is 10.1 Å². The Morgan fingerprint density at radius 1 is 0.846 bits per heavy atom. The lowest BCUT2D eigenvalue weighted by Crippen LogP contribution is -2.04. The quantitative estimate of drug-likeness (QED) is 0.400. The summed E-state index contributed by atoms with van der Waals surface area (Å²) in [6, 6.07) is 18.9. The van der Waals surface area contributed by atoms with E-state index in [2.05, 4.69) is 21.2 Å². The van der Waals surface area contributed by atoms with Crippen LogP contribution in [0, 0.1) is 0 Å². The van der Waals surface area contributed by atoms with Crippen molar-refractivity contribution in [2.24, 2.45) is 0 Å². The molecule has 0 amide bonds. The number of para-hydroxylation sites is 1. The van der Waals surface area contributed by atoms with Gasteiger partial charge in [0, 0.05) is 32.2 Å². The van der Waals surface area contributed by atoms with Crippen LogP contribution in [0.25, 0.3) is 0 Å². The second-order valence-corrected chi connectivity index (χ2v) is 7.78. The number of nitrogens with one attached hydrogen (secondary N) is 1. The van der Waals surface area contributed by atoms with Crippen molar-refractivity contribution in [2.45, 2.75) is 13.2 Å². The average Bonchev–Trinajstić information content (AvgIpc) is 2.61. The Bertz CT molecular complexity index is 917. The molecule has 0 aromatic heterocycles. The number of anilines is 1. The molecule has 0 aliphatic rings. The molecule has 134 valence electrons. The van der Waals surface area contributed by atoms with Gasteiger partial charge in [0.1, 0.15) is 12.4 Å². The van der Waals surface area contributed by atoms with Gasteiger partial charge in [0.05, 0.1) is 10.7 Å². The predicted molar refractivity (Wildman–Crippen MR) is 114 cm³/mol. The smallest absolute Gasteiger partial charge is 0.124 e. The van der Waals surface area contributed by atoms with Crippen molar-refractivity contribution in [1.29, 1.82) is 0 Å². The first-order valence-corrected chi connectivity index (χ1v) is 9.79. The minimum Gasteiger partial charge on any atom is -0.488 e. The first-order valence-electron chi connectivity index (χ1n) is 7.86. The van der Waals surface area contributed by atoms with Gasteiger partial charge >= 0.3 is 0 Å². The van der Waals surface area contributed by atoms with E-state index in [0.29, 0.717) is 28.2 Å². The molecule has 0 atom stereocenters. The van der Waals surface area contributed by atoms with Gasteiger partial charge in [-0.1, -0.05) is 68.9 Å².